The van der Waals surface area contributed by atoms with Gasteiger partial charge in [0.05, 0.1) is 0 Å². The zero-order valence-corrected chi connectivity index (χ0v) is 14.5. The van der Waals surface area contributed by atoms with Crippen LogP contribution in [0.3, 0.4) is 0 Å². The van der Waals surface area contributed by atoms with Crippen molar-refractivity contribution in [3.05, 3.63) is 30.2 Å². The van der Waals surface area contributed by atoms with Gasteiger partial charge >= 0.3 is 12.1 Å². The monoisotopic (exact) mass is 387 g/mol. The summed E-state index contributed by atoms with van der Waals surface area (Å²) in [6.07, 6.45) is -1.70. The number of nitrogens with zero attached hydrogens (tertiary/aromatic N) is 2. The highest BCUT2D eigenvalue weighted by Crippen LogP contribution is 2.19. The number of carboxylic acids is 1. The van der Waals surface area contributed by atoms with E-state index in [9.17, 15) is 22.8 Å². The molecule has 0 spiro atoms. The molecule has 0 radical (unpaired) electrons. The summed E-state index contributed by atoms with van der Waals surface area (Å²) in [5.41, 5.74) is 0.372. The number of halogens is 3. The summed E-state index contributed by atoms with van der Waals surface area (Å²) >= 11 is 0. The maximum Gasteiger partial charge on any atom is 0.405 e. The first-order valence-corrected chi connectivity index (χ1v) is 7.93. The van der Waals surface area contributed by atoms with Crippen molar-refractivity contribution < 1.29 is 29.3 Å². The van der Waals surface area contributed by atoms with E-state index < -0.39 is 30.6 Å². The van der Waals surface area contributed by atoms with Crippen molar-refractivity contribution in [3.8, 4) is 11.4 Å². The Kier molecular flexibility index (Phi) is 6.03. The average Bonchev–Trinajstić information content (AvgIpc) is 3.07. The number of aromatic carboxylic acids is 1. The molecule has 0 saturated carbocycles. The fraction of sp³-hybridized carbons (Fsp3) is 0.375. The Balaban J connectivity index is 0.00000392. The summed E-state index contributed by atoms with van der Waals surface area (Å²) in [5, 5.41) is 13.6. The second-order valence-corrected chi connectivity index (χ2v) is 6.07. The highest BCUT2D eigenvalue weighted by Gasteiger charge is 2.30. The van der Waals surface area contributed by atoms with Crippen molar-refractivity contribution in [1.82, 2.24) is 20.3 Å². The van der Waals surface area contributed by atoms with Gasteiger partial charge in [0.15, 0.2) is 5.82 Å². The predicted molar refractivity (Wildman–Crippen MR) is 92.2 cm³/mol. The summed E-state index contributed by atoms with van der Waals surface area (Å²) in [6, 6.07) is 1.86. The molecule has 0 bridgehead atoms. The average molecular weight is 387 g/mol. The molecule has 1 atom stereocenters. The van der Waals surface area contributed by atoms with Crippen molar-refractivity contribution in [2.45, 2.75) is 26.1 Å². The molecule has 11 heteroatoms. The number of rotatable bonds is 7. The minimum Gasteiger partial charge on any atom is -0.477 e. The number of H-pyrrole nitrogens is 1. The Labute approximate surface area is 153 Å². The van der Waals surface area contributed by atoms with Crippen LogP contribution < -0.4 is 10.6 Å². The fourth-order valence-electron chi connectivity index (χ4n) is 2.22. The summed E-state index contributed by atoms with van der Waals surface area (Å²) in [7, 11) is 0. The highest BCUT2D eigenvalue weighted by atomic mass is 19.4. The van der Waals surface area contributed by atoms with Gasteiger partial charge in [-0.25, -0.2) is 14.8 Å². The minimum atomic E-state index is -4.50. The second-order valence-electron chi connectivity index (χ2n) is 6.07. The number of aromatic amines is 1. The summed E-state index contributed by atoms with van der Waals surface area (Å²) in [5.74, 6) is -1.85. The van der Waals surface area contributed by atoms with Crippen molar-refractivity contribution in [3.63, 3.8) is 0 Å². The molecular weight excluding hydrogens is 367 g/mol. The molecule has 27 heavy (non-hydrogen) atoms. The third-order valence-corrected chi connectivity index (χ3v) is 3.54. The Morgan fingerprint density at radius 1 is 1.37 bits per heavy atom. The third kappa shape index (κ3) is 5.69. The van der Waals surface area contributed by atoms with Crippen LogP contribution in [0.15, 0.2) is 24.5 Å². The Bertz CT molecular complexity index is 826. The summed E-state index contributed by atoms with van der Waals surface area (Å²) in [4.78, 5) is 33.8. The molecule has 0 aromatic carbocycles. The first-order chi connectivity index (χ1) is 12.6. The number of carboxylic acid groups (broad SMARTS) is 1. The molecule has 0 aliphatic rings. The molecule has 4 N–H and O–H groups in total. The van der Waals surface area contributed by atoms with Crippen LogP contribution in [0.5, 0.6) is 0 Å². The first kappa shape index (κ1) is 20.2. The van der Waals surface area contributed by atoms with Crippen LogP contribution in [-0.2, 0) is 4.79 Å². The molecule has 0 aliphatic heterocycles. The zero-order valence-electron chi connectivity index (χ0n) is 14.5. The molecule has 148 valence electrons. The SMILES string of the molecule is CC(C)[C@@H](Nc1ccnc(-c2c[nH]c(C(=O)O)c2)n1)C(=O)NCC(F)(F)F.[HH]. The first-order valence-electron chi connectivity index (χ1n) is 7.93. The van der Waals surface area contributed by atoms with E-state index in [1.165, 1.54) is 24.5 Å². The normalized spacial score (nSPS) is 12.7. The van der Waals surface area contributed by atoms with Gasteiger partial charge in [0.1, 0.15) is 24.1 Å². The van der Waals surface area contributed by atoms with E-state index in [0.717, 1.165) is 0 Å². The van der Waals surface area contributed by atoms with Crippen LogP contribution in [0, 0.1) is 5.92 Å². The maximum absolute atomic E-state index is 12.3. The standard InChI is InChI=1S/C16H18F3N5O3.H2/c1-8(2)12(14(25)22-7-16(17,18)19)23-11-3-4-20-13(24-11)9-5-10(15(26)27)21-6-9;/h3-6,8,12,21H,7H2,1-2H3,(H,22,25)(H,26,27)(H,20,23,24);1H/t12-;/m1./s1. The van der Waals surface area contributed by atoms with E-state index >= 15 is 0 Å². The van der Waals surface area contributed by atoms with Gasteiger partial charge < -0.3 is 20.7 Å². The number of anilines is 1. The van der Waals surface area contributed by atoms with Crippen LogP contribution in [0.4, 0.5) is 19.0 Å². The molecule has 8 nitrogen and oxygen atoms in total. The summed E-state index contributed by atoms with van der Waals surface area (Å²) < 4.78 is 36.9. The van der Waals surface area contributed by atoms with E-state index in [0.29, 0.717) is 5.56 Å². The Hall–Kier alpha value is -3.11. The molecule has 2 aromatic rings. The molecule has 0 unspecified atom stereocenters. The number of carbonyl (C=O) groups is 2. The van der Waals surface area contributed by atoms with E-state index in [2.05, 4.69) is 20.3 Å². The largest absolute Gasteiger partial charge is 0.477 e. The van der Waals surface area contributed by atoms with Crippen molar-refractivity contribution in [1.29, 1.82) is 0 Å². The molecule has 0 aliphatic carbocycles. The van der Waals surface area contributed by atoms with Crippen molar-refractivity contribution >= 4 is 17.7 Å². The Morgan fingerprint density at radius 2 is 2.07 bits per heavy atom. The van der Waals surface area contributed by atoms with Gasteiger partial charge in [-0.2, -0.15) is 13.2 Å². The lowest BCUT2D eigenvalue weighted by Gasteiger charge is -2.22. The summed E-state index contributed by atoms with van der Waals surface area (Å²) in [6.45, 7) is 1.93. The molecule has 0 saturated heterocycles. The molecule has 2 aromatic heterocycles. The predicted octanol–water partition coefficient (Wildman–Crippen LogP) is 2.53. The van der Waals surface area contributed by atoms with E-state index in [-0.39, 0.29) is 24.7 Å². The number of carbonyl (C=O) groups excluding carboxylic acids is 1. The lowest BCUT2D eigenvalue weighted by molar-refractivity contribution is -0.139. The highest BCUT2D eigenvalue weighted by molar-refractivity contribution is 5.87. The quantitative estimate of drug-likeness (QED) is 0.580. The zero-order chi connectivity index (χ0) is 20.2. The van der Waals surface area contributed by atoms with Gasteiger partial charge in [0.2, 0.25) is 5.91 Å². The number of hydrogen-bond acceptors (Lipinski definition) is 5. The molecule has 0 fully saturated rings. The second kappa shape index (κ2) is 8.06. The van der Waals surface area contributed by atoms with Gasteiger partial charge in [-0.3, -0.25) is 4.79 Å². The fourth-order valence-corrected chi connectivity index (χ4v) is 2.22. The number of aromatic nitrogens is 3. The Morgan fingerprint density at radius 3 is 2.63 bits per heavy atom. The van der Waals surface area contributed by atoms with Crippen LogP contribution in [0.1, 0.15) is 25.8 Å². The molecule has 2 heterocycles. The van der Waals surface area contributed by atoms with E-state index in [1.807, 2.05) is 5.32 Å². The van der Waals surface area contributed by atoms with Crippen LogP contribution in [0.2, 0.25) is 0 Å². The van der Waals surface area contributed by atoms with Gasteiger partial charge in [-0.1, -0.05) is 13.8 Å². The van der Waals surface area contributed by atoms with E-state index in [1.54, 1.807) is 13.8 Å². The minimum absolute atomic E-state index is 0. The number of hydrogen-bond donors (Lipinski definition) is 4. The van der Waals surface area contributed by atoms with Crippen molar-refractivity contribution in [2.75, 3.05) is 11.9 Å². The van der Waals surface area contributed by atoms with Crippen molar-refractivity contribution in [2.24, 2.45) is 5.92 Å². The lowest BCUT2D eigenvalue weighted by Crippen LogP contribution is -2.46. The van der Waals surface area contributed by atoms with Crippen LogP contribution in [0.25, 0.3) is 11.4 Å². The van der Waals surface area contributed by atoms with Gasteiger partial charge in [-0.15, -0.1) is 0 Å². The van der Waals surface area contributed by atoms with Gasteiger partial charge in [0, 0.05) is 19.4 Å². The number of nitrogens with one attached hydrogen (secondary N) is 3. The third-order valence-electron chi connectivity index (χ3n) is 3.54. The van der Waals surface area contributed by atoms with E-state index in [4.69, 9.17) is 5.11 Å². The molecular formula is C16H20F3N5O3. The topological polar surface area (TPSA) is 120 Å². The van der Waals surface area contributed by atoms with Crippen LogP contribution >= 0.6 is 0 Å². The number of amides is 1. The maximum atomic E-state index is 12.3. The van der Waals surface area contributed by atoms with Gasteiger partial charge in [-0.05, 0) is 18.1 Å². The lowest BCUT2D eigenvalue weighted by atomic mass is 10.0. The number of alkyl halides is 3. The smallest absolute Gasteiger partial charge is 0.405 e. The molecule has 1 amide bonds. The van der Waals surface area contributed by atoms with Crippen LogP contribution in [-0.4, -0.2) is 50.7 Å². The molecule has 2 rings (SSSR count). The van der Waals surface area contributed by atoms with Gasteiger partial charge in [0.25, 0.3) is 0 Å².